The van der Waals surface area contributed by atoms with Gasteiger partial charge in [-0.3, -0.25) is 16.0 Å². The van der Waals surface area contributed by atoms with Crippen molar-refractivity contribution in [3.8, 4) is 0 Å². The van der Waals surface area contributed by atoms with Gasteiger partial charge in [-0.15, -0.1) is 5.10 Å². The Kier molecular flexibility index (Phi) is 4.08. The Balaban J connectivity index is 2.16. The molecule has 0 aliphatic heterocycles. The smallest absolute Gasteiger partial charge is 0.0846 e. The van der Waals surface area contributed by atoms with E-state index in [1.165, 1.54) is 3.57 Å². The number of hydrazine groups is 1. The predicted molar refractivity (Wildman–Crippen MR) is 73.9 cm³/mol. The number of aryl methyl sites for hydroxylation is 1. The Labute approximate surface area is 114 Å². The van der Waals surface area contributed by atoms with Gasteiger partial charge in [0.1, 0.15) is 0 Å². The number of hydrogen-bond donors (Lipinski definition) is 2. The Morgan fingerprint density at radius 3 is 2.94 bits per heavy atom. The molecule has 1 unspecified atom stereocenters. The lowest BCUT2D eigenvalue weighted by molar-refractivity contribution is 0.545. The van der Waals surface area contributed by atoms with Gasteiger partial charge in [0.25, 0.3) is 0 Å². The molecule has 0 aliphatic rings. The average Bonchev–Trinajstić information content (AvgIpc) is 2.72. The second-order valence-electron chi connectivity index (χ2n) is 3.86. The first-order valence-corrected chi connectivity index (χ1v) is 6.33. The van der Waals surface area contributed by atoms with Gasteiger partial charge >= 0.3 is 0 Å². The fraction of sp³-hybridized carbons (Fsp3) is 0.273. The summed E-state index contributed by atoms with van der Waals surface area (Å²) in [5, 5.41) is 7.98. The van der Waals surface area contributed by atoms with Crippen LogP contribution in [-0.4, -0.2) is 15.0 Å². The number of benzene rings is 1. The quantitative estimate of drug-likeness (QED) is 0.497. The van der Waals surface area contributed by atoms with Gasteiger partial charge in [0, 0.05) is 23.2 Å². The Morgan fingerprint density at radius 2 is 2.35 bits per heavy atom. The largest absolute Gasteiger partial charge is 0.271 e. The lowest BCUT2D eigenvalue weighted by Gasteiger charge is -2.15. The van der Waals surface area contributed by atoms with Crippen LogP contribution in [0.2, 0.25) is 0 Å². The van der Waals surface area contributed by atoms with E-state index in [4.69, 9.17) is 5.84 Å². The summed E-state index contributed by atoms with van der Waals surface area (Å²) in [4.78, 5) is 0. The standard InChI is InChI=1S/C11H14IN5/c1-17-7-10(15-16-17)6-11(14-13)8-3-2-4-9(12)5-8/h2-5,7,11,14H,6,13H2,1H3. The molecule has 6 heteroatoms. The van der Waals surface area contributed by atoms with Gasteiger partial charge in [0.2, 0.25) is 0 Å². The van der Waals surface area contributed by atoms with Gasteiger partial charge < -0.3 is 0 Å². The Morgan fingerprint density at radius 1 is 1.53 bits per heavy atom. The molecule has 0 spiro atoms. The summed E-state index contributed by atoms with van der Waals surface area (Å²) in [6.45, 7) is 0. The topological polar surface area (TPSA) is 68.8 Å². The fourth-order valence-corrected chi connectivity index (χ4v) is 2.26. The molecule has 2 rings (SSSR count). The van der Waals surface area contributed by atoms with Crippen molar-refractivity contribution in [1.82, 2.24) is 20.4 Å². The molecule has 0 saturated carbocycles. The zero-order chi connectivity index (χ0) is 12.3. The SMILES string of the molecule is Cn1cc(CC(NN)c2cccc(I)c2)nn1. The number of hydrogen-bond acceptors (Lipinski definition) is 4. The van der Waals surface area contributed by atoms with E-state index in [1.807, 2.05) is 19.3 Å². The molecule has 17 heavy (non-hydrogen) atoms. The minimum absolute atomic E-state index is 0.0569. The van der Waals surface area contributed by atoms with Crippen LogP contribution in [-0.2, 0) is 13.5 Å². The maximum Gasteiger partial charge on any atom is 0.0846 e. The van der Waals surface area contributed by atoms with E-state index < -0.39 is 0 Å². The molecule has 3 N–H and O–H groups in total. The lowest BCUT2D eigenvalue weighted by Crippen LogP contribution is -2.29. The highest BCUT2D eigenvalue weighted by molar-refractivity contribution is 14.1. The average molecular weight is 343 g/mol. The van der Waals surface area contributed by atoms with E-state index in [9.17, 15) is 0 Å². The minimum Gasteiger partial charge on any atom is -0.271 e. The first-order valence-electron chi connectivity index (χ1n) is 5.26. The van der Waals surface area contributed by atoms with Crippen LogP contribution in [0.3, 0.4) is 0 Å². The minimum atomic E-state index is 0.0569. The van der Waals surface area contributed by atoms with Crippen molar-refractivity contribution in [2.75, 3.05) is 0 Å². The number of halogens is 1. The van der Waals surface area contributed by atoms with E-state index >= 15 is 0 Å². The van der Waals surface area contributed by atoms with Crippen LogP contribution in [0.25, 0.3) is 0 Å². The van der Waals surface area contributed by atoms with Crippen LogP contribution in [0, 0.1) is 3.57 Å². The number of nitrogens with one attached hydrogen (secondary N) is 1. The monoisotopic (exact) mass is 343 g/mol. The molecule has 1 atom stereocenters. The van der Waals surface area contributed by atoms with Crippen molar-refractivity contribution in [2.24, 2.45) is 12.9 Å². The maximum absolute atomic E-state index is 5.60. The molecule has 0 bridgehead atoms. The fourth-order valence-electron chi connectivity index (χ4n) is 1.69. The molecular formula is C11H14IN5. The Bertz CT molecular complexity index is 496. The van der Waals surface area contributed by atoms with Crippen molar-refractivity contribution >= 4 is 22.6 Å². The Hall–Kier alpha value is -0.990. The molecule has 0 saturated heterocycles. The normalized spacial score (nSPS) is 12.6. The summed E-state index contributed by atoms with van der Waals surface area (Å²) in [5.41, 5.74) is 4.91. The third-order valence-electron chi connectivity index (χ3n) is 2.52. The van der Waals surface area contributed by atoms with Gasteiger partial charge in [0.15, 0.2) is 0 Å². The zero-order valence-corrected chi connectivity index (χ0v) is 11.6. The molecule has 0 radical (unpaired) electrons. The maximum atomic E-state index is 5.60. The summed E-state index contributed by atoms with van der Waals surface area (Å²) in [5.74, 6) is 5.60. The van der Waals surface area contributed by atoms with Crippen LogP contribution < -0.4 is 11.3 Å². The third-order valence-corrected chi connectivity index (χ3v) is 3.19. The van der Waals surface area contributed by atoms with Crippen molar-refractivity contribution in [3.63, 3.8) is 0 Å². The molecule has 0 amide bonds. The molecule has 5 nitrogen and oxygen atoms in total. The lowest BCUT2D eigenvalue weighted by atomic mass is 10.0. The van der Waals surface area contributed by atoms with Crippen molar-refractivity contribution in [1.29, 1.82) is 0 Å². The van der Waals surface area contributed by atoms with Gasteiger partial charge in [-0.25, -0.2) is 0 Å². The van der Waals surface area contributed by atoms with E-state index in [0.717, 1.165) is 17.7 Å². The van der Waals surface area contributed by atoms with E-state index in [-0.39, 0.29) is 6.04 Å². The van der Waals surface area contributed by atoms with Crippen LogP contribution in [0.4, 0.5) is 0 Å². The van der Waals surface area contributed by atoms with Crippen LogP contribution in [0.5, 0.6) is 0 Å². The summed E-state index contributed by atoms with van der Waals surface area (Å²) in [7, 11) is 1.85. The van der Waals surface area contributed by atoms with E-state index in [0.29, 0.717) is 0 Å². The molecule has 1 aromatic heterocycles. The molecule has 2 aromatic rings. The molecule has 90 valence electrons. The molecule has 0 fully saturated rings. The third kappa shape index (κ3) is 3.24. The highest BCUT2D eigenvalue weighted by Crippen LogP contribution is 2.18. The van der Waals surface area contributed by atoms with Gasteiger partial charge in [-0.1, -0.05) is 17.3 Å². The second kappa shape index (κ2) is 5.56. The zero-order valence-electron chi connectivity index (χ0n) is 9.47. The van der Waals surface area contributed by atoms with Gasteiger partial charge in [0.05, 0.1) is 11.7 Å². The number of nitrogens with two attached hydrogens (primary N) is 1. The van der Waals surface area contributed by atoms with Gasteiger partial charge in [-0.05, 0) is 40.3 Å². The predicted octanol–water partition coefficient (Wildman–Crippen LogP) is 1.17. The summed E-state index contributed by atoms with van der Waals surface area (Å²) >= 11 is 2.29. The van der Waals surface area contributed by atoms with Crippen molar-refractivity contribution in [2.45, 2.75) is 12.5 Å². The molecular weight excluding hydrogens is 329 g/mol. The summed E-state index contributed by atoms with van der Waals surface area (Å²) < 4.78 is 2.89. The van der Waals surface area contributed by atoms with Crippen LogP contribution >= 0.6 is 22.6 Å². The van der Waals surface area contributed by atoms with Crippen LogP contribution in [0.1, 0.15) is 17.3 Å². The summed E-state index contributed by atoms with van der Waals surface area (Å²) in [6.07, 6.45) is 2.63. The second-order valence-corrected chi connectivity index (χ2v) is 5.11. The molecule has 0 aliphatic carbocycles. The van der Waals surface area contributed by atoms with Crippen molar-refractivity contribution in [3.05, 3.63) is 45.3 Å². The van der Waals surface area contributed by atoms with E-state index in [2.05, 4.69) is 56.5 Å². The van der Waals surface area contributed by atoms with Crippen molar-refractivity contribution < 1.29 is 0 Å². The first kappa shape index (κ1) is 12.5. The highest BCUT2D eigenvalue weighted by atomic mass is 127. The van der Waals surface area contributed by atoms with Gasteiger partial charge in [-0.2, -0.15) is 0 Å². The first-order chi connectivity index (χ1) is 8.19. The van der Waals surface area contributed by atoms with Crippen LogP contribution in [0.15, 0.2) is 30.5 Å². The number of rotatable bonds is 4. The van der Waals surface area contributed by atoms with E-state index in [1.54, 1.807) is 4.68 Å². The summed E-state index contributed by atoms with van der Waals surface area (Å²) in [6, 6.07) is 8.31. The molecule has 1 aromatic carbocycles. The number of aromatic nitrogens is 3. The molecule has 1 heterocycles. The highest BCUT2D eigenvalue weighted by Gasteiger charge is 2.12. The number of nitrogens with zero attached hydrogens (tertiary/aromatic N) is 3.